The number of anilines is 2. The van der Waals surface area contributed by atoms with Crippen molar-refractivity contribution in [1.29, 1.82) is 5.26 Å². The monoisotopic (exact) mass is 336 g/mol. The van der Waals surface area contributed by atoms with Crippen molar-refractivity contribution in [3.8, 4) is 12.1 Å². The van der Waals surface area contributed by atoms with Gasteiger partial charge in [0.05, 0.1) is 17.7 Å². The number of hydrogen-bond donors (Lipinski definition) is 0. The Kier molecular flexibility index (Phi) is 4.93. The van der Waals surface area contributed by atoms with E-state index in [-0.39, 0.29) is 17.9 Å². The van der Waals surface area contributed by atoms with Gasteiger partial charge in [-0.3, -0.25) is 0 Å². The summed E-state index contributed by atoms with van der Waals surface area (Å²) in [6.45, 7) is 3.45. The molecule has 2 rings (SSSR count). The molecule has 0 N–H and O–H groups in total. The Morgan fingerprint density at radius 2 is 1.83 bits per heavy atom. The molecule has 0 unspecified atom stereocenters. The second kappa shape index (κ2) is 6.74. The second-order valence-corrected chi connectivity index (χ2v) is 5.27. The van der Waals surface area contributed by atoms with Gasteiger partial charge >= 0.3 is 12.2 Å². The molecule has 0 aliphatic heterocycles. The highest BCUT2D eigenvalue weighted by Crippen LogP contribution is 2.37. The SMILES string of the molecule is CC(C)Oc1ncc(C(F)(F)F)c(N(C)c2ccc(C#N)cc2)n1. The van der Waals surface area contributed by atoms with Crippen LogP contribution in [0.5, 0.6) is 6.01 Å². The minimum absolute atomic E-state index is 0.131. The van der Waals surface area contributed by atoms with Gasteiger partial charge in [0, 0.05) is 18.9 Å². The predicted octanol–water partition coefficient (Wildman–Crippen LogP) is 3.92. The van der Waals surface area contributed by atoms with Gasteiger partial charge in [0.2, 0.25) is 0 Å². The third kappa shape index (κ3) is 3.93. The van der Waals surface area contributed by atoms with E-state index in [0.717, 1.165) is 0 Å². The number of aromatic nitrogens is 2. The molecule has 0 atom stereocenters. The number of alkyl halides is 3. The molecule has 0 aliphatic rings. The molecule has 5 nitrogen and oxygen atoms in total. The second-order valence-electron chi connectivity index (χ2n) is 5.27. The molecule has 2 aromatic rings. The standard InChI is InChI=1S/C16H15F3N4O/c1-10(2)24-15-21-9-13(16(17,18)19)14(22-15)23(3)12-6-4-11(8-20)5-7-12/h4-7,9-10H,1-3H3. The zero-order valence-corrected chi connectivity index (χ0v) is 13.3. The molecule has 0 spiro atoms. The lowest BCUT2D eigenvalue weighted by Gasteiger charge is -2.23. The number of halogens is 3. The summed E-state index contributed by atoms with van der Waals surface area (Å²) in [5, 5.41) is 8.81. The normalized spacial score (nSPS) is 11.2. The lowest BCUT2D eigenvalue weighted by Crippen LogP contribution is -2.20. The summed E-state index contributed by atoms with van der Waals surface area (Å²) in [5.41, 5.74) is -0.103. The largest absolute Gasteiger partial charge is 0.461 e. The first-order valence-corrected chi connectivity index (χ1v) is 7.07. The van der Waals surface area contributed by atoms with E-state index in [1.54, 1.807) is 26.0 Å². The zero-order chi connectivity index (χ0) is 17.9. The fourth-order valence-corrected chi connectivity index (χ4v) is 1.96. The molecular formula is C16H15F3N4O. The van der Waals surface area contributed by atoms with E-state index in [4.69, 9.17) is 10.00 Å². The molecule has 8 heteroatoms. The van der Waals surface area contributed by atoms with Gasteiger partial charge in [-0.1, -0.05) is 0 Å². The first-order chi connectivity index (χ1) is 11.2. The van der Waals surface area contributed by atoms with Crippen LogP contribution in [0.15, 0.2) is 30.5 Å². The molecule has 0 saturated heterocycles. The number of rotatable bonds is 4. The Morgan fingerprint density at radius 1 is 1.21 bits per heavy atom. The number of hydrogen-bond acceptors (Lipinski definition) is 5. The fourth-order valence-electron chi connectivity index (χ4n) is 1.96. The highest BCUT2D eigenvalue weighted by molar-refractivity contribution is 5.63. The summed E-state index contributed by atoms with van der Waals surface area (Å²) in [5.74, 6) is -0.321. The Labute approximate surface area is 137 Å². The van der Waals surface area contributed by atoms with Crippen molar-refractivity contribution in [2.24, 2.45) is 0 Å². The van der Waals surface area contributed by atoms with E-state index >= 15 is 0 Å². The van der Waals surface area contributed by atoms with Gasteiger partial charge in [0.25, 0.3) is 0 Å². The van der Waals surface area contributed by atoms with Gasteiger partial charge < -0.3 is 9.64 Å². The summed E-state index contributed by atoms with van der Waals surface area (Å²) in [6, 6.07) is 7.95. The van der Waals surface area contributed by atoms with E-state index in [9.17, 15) is 13.2 Å². The summed E-state index contributed by atoms with van der Waals surface area (Å²) in [6.07, 6.45) is -4.16. The smallest absolute Gasteiger partial charge is 0.421 e. The molecule has 0 bridgehead atoms. The van der Waals surface area contributed by atoms with Crippen LogP contribution >= 0.6 is 0 Å². The van der Waals surface area contributed by atoms with Crippen molar-refractivity contribution in [3.63, 3.8) is 0 Å². The number of nitrogens with zero attached hydrogens (tertiary/aromatic N) is 4. The number of ether oxygens (including phenoxy) is 1. The average Bonchev–Trinajstić information content (AvgIpc) is 2.52. The first-order valence-electron chi connectivity index (χ1n) is 7.07. The van der Waals surface area contributed by atoms with Crippen molar-refractivity contribution in [3.05, 3.63) is 41.6 Å². The van der Waals surface area contributed by atoms with Gasteiger partial charge in [-0.25, -0.2) is 4.98 Å². The van der Waals surface area contributed by atoms with Crippen LogP contribution in [-0.4, -0.2) is 23.1 Å². The minimum Gasteiger partial charge on any atom is -0.461 e. The van der Waals surface area contributed by atoms with Crippen molar-refractivity contribution >= 4 is 11.5 Å². The molecule has 0 amide bonds. The van der Waals surface area contributed by atoms with Crippen molar-refractivity contribution < 1.29 is 17.9 Å². The first kappa shape index (κ1) is 17.5. The molecule has 0 aliphatic carbocycles. The molecule has 1 aromatic heterocycles. The maximum Gasteiger partial charge on any atom is 0.421 e. The quantitative estimate of drug-likeness (QED) is 0.847. The molecule has 126 valence electrons. The van der Waals surface area contributed by atoms with Crippen LogP contribution < -0.4 is 9.64 Å². The summed E-state index contributed by atoms with van der Waals surface area (Å²) in [7, 11) is 1.46. The summed E-state index contributed by atoms with van der Waals surface area (Å²) in [4.78, 5) is 8.81. The Bertz CT molecular complexity index is 751. The minimum atomic E-state index is -4.60. The molecule has 1 heterocycles. The molecular weight excluding hydrogens is 321 g/mol. The van der Waals surface area contributed by atoms with Crippen LogP contribution in [0.2, 0.25) is 0 Å². The van der Waals surface area contributed by atoms with E-state index in [1.807, 2.05) is 6.07 Å². The fraction of sp³-hybridized carbons (Fsp3) is 0.312. The van der Waals surface area contributed by atoms with E-state index in [1.165, 1.54) is 24.1 Å². The van der Waals surface area contributed by atoms with Crippen LogP contribution in [-0.2, 0) is 6.18 Å². The number of nitriles is 1. The topological polar surface area (TPSA) is 62.0 Å². The van der Waals surface area contributed by atoms with Crippen molar-refractivity contribution in [2.45, 2.75) is 26.1 Å². The highest BCUT2D eigenvalue weighted by Gasteiger charge is 2.36. The zero-order valence-electron chi connectivity index (χ0n) is 13.3. The van der Waals surface area contributed by atoms with Crippen LogP contribution in [0.25, 0.3) is 0 Å². The maximum atomic E-state index is 13.2. The highest BCUT2D eigenvalue weighted by atomic mass is 19.4. The molecule has 0 radical (unpaired) electrons. The van der Waals surface area contributed by atoms with Crippen LogP contribution in [0.4, 0.5) is 24.7 Å². The lowest BCUT2D eigenvalue weighted by atomic mass is 10.2. The van der Waals surface area contributed by atoms with Crippen LogP contribution in [0.3, 0.4) is 0 Å². The van der Waals surface area contributed by atoms with Crippen LogP contribution in [0, 0.1) is 11.3 Å². The average molecular weight is 336 g/mol. The van der Waals surface area contributed by atoms with E-state index in [2.05, 4.69) is 9.97 Å². The van der Waals surface area contributed by atoms with E-state index < -0.39 is 11.7 Å². The Morgan fingerprint density at radius 3 is 2.33 bits per heavy atom. The van der Waals surface area contributed by atoms with Gasteiger partial charge in [0.15, 0.2) is 5.82 Å². The molecule has 0 saturated carbocycles. The van der Waals surface area contributed by atoms with Gasteiger partial charge in [-0.05, 0) is 38.1 Å². The van der Waals surface area contributed by atoms with Crippen molar-refractivity contribution in [1.82, 2.24) is 9.97 Å². The summed E-state index contributed by atoms with van der Waals surface area (Å²) >= 11 is 0. The van der Waals surface area contributed by atoms with Gasteiger partial charge in [-0.15, -0.1) is 0 Å². The van der Waals surface area contributed by atoms with Crippen molar-refractivity contribution in [2.75, 3.05) is 11.9 Å². The molecule has 24 heavy (non-hydrogen) atoms. The van der Waals surface area contributed by atoms with E-state index in [0.29, 0.717) is 17.4 Å². The molecule has 1 aromatic carbocycles. The third-order valence-corrected chi connectivity index (χ3v) is 3.09. The Balaban J connectivity index is 2.49. The Hall–Kier alpha value is -2.82. The van der Waals surface area contributed by atoms with Gasteiger partial charge in [-0.2, -0.15) is 23.4 Å². The third-order valence-electron chi connectivity index (χ3n) is 3.09. The number of benzene rings is 1. The summed E-state index contributed by atoms with van der Waals surface area (Å²) < 4.78 is 45.0. The predicted molar refractivity (Wildman–Crippen MR) is 82.0 cm³/mol. The van der Waals surface area contributed by atoms with Gasteiger partial charge in [0.1, 0.15) is 5.56 Å². The lowest BCUT2D eigenvalue weighted by molar-refractivity contribution is -0.137. The van der Waals surface area contributed by atoms with Crippen LogP contribution in [0.1, 0.15) is 25.0 Å². The maximum absolute atomic E-state index is 13.2. The molecule has 0 fully saturated rings.